The van der Waals surface area contributed by atoms with Crippen molar-refractivity contribution in [2.45, 2.75) is 50.4 Å². The molecule has 0 N–H and O–H groups in total. The van der Waals surface area contributed by atoms with Gasteiger partial charge in [-0.3, -0.25) is 23.6 Å². The second-order valence-corrected chi connectivity index (χ2v) is 12.0. The molecule has 1 unspecified atom stereocenters. The number of halogens is 4. The molecule has 3 heterocycles. The Hall–Kier alpha value is -4.25. The van der Waals surface area contributed by atoms with Gasteiger partial charge in [0, 0.05) is 26.6 Å². The van der Waals surface area contributed by atoms with E-state index in [1.807, 2.05) is 12.1 Å². The number of piperidine rings is 2. The molecule has 45 heavy (non-hydrogen) atoms. The average molecular weight is 641 g/mol. The molecule has 1 atom stereocenters. The molecule has 236 valence electrons. The van der Waals surface area contributed by atoms with Gasteiger partial charge in [0.2, 0.25) is 5.91 Å². The number of hydrogen-bond acceptors (Lipinski definition) is 5. The fourth-order valence-corrected chi connectivity index (χ4v) is 6.81. The van der Waals surface area contributed by atoms with Crippen LogP contribution in [0.5, 0.6) is 5.75 Å². The van der Waals surface area contributed by atoms with Crippen molar-refractivity contribution in [3.8, 4) is 5.75 Å². The maximum absolute atomic E-state index is 13.8. The van der Waals surface area contributed by atoms with Crippen LogP contribution in [0.25, 0.3) is 11.0 Å². The standard InChI is InChI=1S/C33H32ClF3N4O4/c1-38-30-26(39-16-14-21(15-17-39)22-8-11-25(34)24(18-22)33(35,36)37)4-3-5-27(30)41(32(38)44)28-12-13-29(42)40(31(28)43)19-20-6-9-23(45-2)10-7-20/h3-11,18,21,28H,12-17,19H2,1-2H3. The zero-order valence-corrected chi connectivity index (χ0v) is 25.6. The van der Waals surface area contributed by atoms with Crippen LogP contribution in [0.3, 0.4) is 0 Å². The number of aryl methyl sites for hydroxylation is 1. The lowest BCUT2D eigenvalue weighted by molar-refractivity contribution is -0.151. The highest BCUT2D eigenvalue weighted by Gasteiger charge is 2.38. The van der Waals surface area contributed by atoms with Gasteiger partial charge in [-0.2, -0.15) is 13.2 Å². The van der Waals surface area contributed by atoms with Crippen molar-refractivity contribution in [2.75, 3.05) is 25.1 Å². The molecule has 0 bridgehead atoms. The summed E-state index contributed by atoms with van der Waals surface area (Å²) in [4.78, 5) is 43.7. The second kappa shape index (κ2) is 11.9. The molecule has 2 saturated heterocycles. The molecule has 0 spiro atoms. The minimum Gasteiger partial charge on any atom is -0.497 e. The molecule has 0 saturated carbocycles. The molecule has 0 radical (unpaired) electrons. The topological polar surface area (TPSA) is 76.8 Å². The van der Waals surface area contributed by atoms with Gasteiger partial charge in [0.05, 0.1) is 41.0 Å². The van der Waals surface area contributed by atoms with Gasteiger partial charge in [0.1, 0.15) is 11.8 Å². The number of anilines is 1. The van der Waals surface area contributed by atoms with Gasteiger partial charge < -0.3 is 9.64 Å². The number of benzene rings is 3. The highest BCUT2D eigenvalue weighted by molar-refractivity contribution is 6.31. The summed E-state index contributed by atoms with van der Waals surface area (Å²) in [6, 6.07) is 16.0. The largest absolute Gasteiger partial charge is 0.497 e. The molecule has 6 rings (SSSR count). The molecule has 12 heteroatoms. The highest BCUT2D eigenvalue weighted by Crippen LogP contribution is 2.40. The van der Waals surface area contributed by atoms with Crippen LogP contribution < -0.4 is 15.3 Å². The third-order valence-corrected chi connectivity index (χ3v) is 9.31. The van der Waals surface area contributed by atoms with Gasteiger partial charge in [-0.1, -0.05) is 35.9 Å². The molecule has 2 amide bonds. The van der Waals surface area contributed by atoms with Crippen LogP contribution in [-0.4, -0.2) is 46.0 Å². The van der Waals surface area contributed by atoms with Crippen molar-refractivity contribution in [3.63, 3.8) is 0 Å². The number of alkyl halides is 3. The summed E-state index contributed by atoms with van der Waals surface area (Å²) in [5.74, 6) is -0.117. The van der Waals surface area contributed by atoms with E-state index in [-0.39, 0.29) is 41.9 Å². The van der Waals surface area contributed by atoms with Crippen LogP contribution in [-0.2, 0) is 29.4 Å². The Kier molecular flexibility index (Phi) is 8.15. The first kappa shape index (κ1) is 30.8. The second-order valence-electron chi connectivity index (χ2n) is 11.6. The van der Waals surface area contributed by atoms with Crippen molar-refractivity contribution >= 4 is 40.1 Å². The number of carbonyl (C=O) groups is 2. The van der Waals surface area contributed by atoms with Crippen molar-refractivity contribution in [2.24, 2.45) is 7.05 Å². The number of imide groups is 1. The molecule has 2 fully saturated rings. The van der Waals surface area contributed by atoms with E-state index >= 15 is 0 Å². The number of ether oxygens (including phenoxy) is 1. The first-order valence-corrected chi connectivity index (χ1v) is 15.1. The Morgan fingerprint density at radius 2 is 1.67 bits per heavy atom. The van der Waals surface area contributed by atoms with Crippen LogP contribution in [0.1, 0.15) is 54.3 Å². The Bertz CT molecular complexity index is 1820. The van der Waals surface area contributed by atoms with E-state index < -0.39 is 23.7 Å². The van der Waals surface area contributed by atoms with E-state index in [2.05, 4.69) is 4.90 Å². The summed E-state index contributed by atoms with van der Waals surface area (Å²) in [6.07, 6.45) is -2.95. The minimum absolute atomic E-state index is 0.0682. The maximum Gasteiger partial charge on any atom is 0.417 e. The quantitative estimate of drug-likeness (QED) is 0.232. The Morgan fingerprint density at radius 1 is 0.956 bits per heavy atom. The summed E-state index contributed by atoms with van der Waals surface area (Å²) in [6.45, 7) is 1.23. The molecule has 1 aromatic heterocycles. The molecule has 2 aliphatic heterocycles. The summed E-state index contributed by atoms with van der Waals surface area (Å²) >= 11 is 5.83. The number of para-hydroxylation sites is 1. The zero-order chi connectivity index (χ0) is 32.0. The van der Waals surface area contributed by atoms with Gasteiger partial charge in [0.15, 0.2) is 0 Å². The van der Waals surface area contributed by atoms with E-state index in [0.29, 0.717) is 48.3 Å². The van der Waals surface area contributed by atoms with Crippen molar-refractivity contribution in [1.29, 1.82) is 0 Å². The molecule has 0 aliphatic carbocycles. The number of nitrogens with zero attached hydrogens (tertiary/aromatic N) is 4. The van der Waals surface area contributed by atoms with Gasteiger partial charge in [-0.25, -0.2) is 4.79 Å². The predicted molar refractivity (Wildman–Crippen MR) is 165 cm³/mol. The van der Waals surface area contributed by atoms with Gasteiger partial charge in [0.25, 0.3) is 5.91 Å². The number of amides is 2. The fourth-order valence-electron chi connectivity index (χ4n) is 6.58. The van der Waals surface area contributed by atoms with Crippen LogP contribution in [0.4, 0.5) is 18.9 Å². The predicted octanol–water partition coefficient (Wildman–Crippen LogP) is 6.30. The summed E-state index contributed by atoms with van der Waals surface area (Å²) in [5.41, 5.74) is 2.25. The Balaban J connectivity index is 1.26. The van der Waals surface area contributed by atoms with Crippen molar-refractivity contribution < 1.29 is 27.5 Å². The number of imidazole rings is 1. The molecule has 3 aromatic carbocycles. The molecule has 2 aliphatic rings. The molecule has 4 aromatic rings. The zero-order valence-electron chi connectivity index (χ0n) is 24.8. The number of fused-ring (bicyclic) bond motifs is 1. The Morgan fingerprint density at radius 3 is 2.33 bits per heavy atom. The highest BCUT2D eigenvalue weighted by atomic mass is 35.5. The lowest BCUT2D eigenvalue weighted by atomic mass is 9.88. The molecular formula is C33H32ClF3N4O4. The van der Waals surface area contributed by atoms with Crippen molar-refractivity contribution in [3.05, 3.63) is 92.9 Å². The third-order valence-electron chi connectivity index (χ3n) is 8.98. The normalized spacial score (nSPS) is 18.2. The number of likely N-dealkylation sites (tertiary alicyclic amines) is 1. The first-order valence-electron chi connectivity index (χ1n) is 14.8. The number of methoxy groups -OCH3 is 1. The summed E-state index contributed by atoms with van der Waals surface area (Å²) in [5, 5.41) is -0.314. The SMILES string of the molecule is COc1ccc(CN2C(=O)CCC(n3c(=O)n(C)c4c(N5CCC(c6ccc(Cl)c(C(F)(F)F)c6)CC5)cccc43)C2=O)cc1. The third kappa shape index (κ3) is 5.69. The number of rotatable bonds is 6. The number of hydrogen-bond donors (Lipinski definition) is 0. The molecule has 8 nitrogen and oxygen atoms in total. The van der Waals surface area contributed by atoms with Crippen LogP contribution >= 0.6 is 11.6 Å². The lowest BCUT2D eigenvalue weighted by Crippen LogP contribution is -2.47. The lowest BCUT2D eigenvalue weighted by Gasteiger charge is -2.34. The monoisotopic (exact) mass is 640 g/mol. The first-order chi connectivity index (χ1) is 21.5. The number of aromatic nitrogens is 2. The van der Waals surface area contributed by atoms with Crippen LogP contribution in [0.15, 0.2) is 65.5 Å². The van der Waals surface area contributed by atoms with Crippen LogP contribution in [0, 0.1) is 0 Å². The van der Waals surface area contributed by atoms with Gasteiger partial charge in [-0.15, -0.1) is 0 Å². The van der Waals surface area contributed by atoms with E-state index in [0.717, 1.165) is 17.3 Å². The fraction of sp³-hybridized carbons (Fsp3) is 0.364. The number of carbonyl (C=O) groups excluding carboxylic acids is 2. The van der Waals surface area contributed by atoms with E-state index in [9.17, 15) is 27.6 Å². The minimum atomic E-state index is -4.53. The van der Waals surface area contributed by atoms with Crippen LogP contribution in [0.2, 0.25) is 5.02 Å². The summed E-state index contributed by atoms with van der Waals surface area (Å²) < 4.78 is 48.6. The van der Waals surface area contributed by atoms with E-state index in [1.54, 1.807) is 50.6 Å². The Labute approximate surface area is 262 Å². The maximum atomic E-state index is 13.8. The van der Waals surface area contributed by atoms with Gasteiger partial charge >= 0.3 is 11.9 Å². The van der Waals surface area contributed by atoms with Gasteiger partial charge in [-0.05, 0) is 72.7 Å². The smallest absolute Gasteiger partial charge is 0.417 e. The van der Waals surface area contributed by atoms with Crippen molar-refractivity contribution in [1.82, 2.24) is 14.0 Å². The summed E-state index contributed by atoms with van der Waals surface area (Å²) in [7, 11) is 3.22. The molecular weight excluding hydrogens is 609 g/mol. The average Bonchev–Trinajstić information content (AvgIpc) is 3.28. The van der Waals surface area contributed by atoms with E-state index in [1.165, 1.54) is 20.1 Å². The van der Waals surface area contributed by atoms with E-state index in [4.69, 9.17) is 16.3 Å².